The van der Waals surface area contributed by atoms with Gasteiger partial charge < -0.3 is 9.64 Å². The molecule has 0 unspecified atom stereocenters. The summed E-state index contributed by atoms with van der Waals surface area (Å²) in [5, 5.41) is 1.94. The number of ether oxygens (including phenoxy) is 1. The first-order valence-corrected chi connectivity index (χ1v) is 12.8. The Kier molecular flexibility index (Phi) is 9.13. The van der Waals surface area contributed by atoms with Gasteiger partial charge in [0.05, 0.1) is 18.0 Å². The number of halogens is 1. The van der Waals surface area contributed by atoms with Crippen molar-refractivity contribution in [1.29, 1.82) is 0 Å². The zero-order valence-corrected chi connectivity index (χ0v) is 20.0. The van der Waals surface area contributed by atoms with E-state index >= 15 is 0 Å². The zero-order chi connectivity index (χ0) is 23.7. The average molecular weight is 491 g/mol. The predicted molar refractivity (Wildman–Crippen MR) is 127 cm³/mol. The van der Waals surface area contributed by atoms with Crippen molar-refractivity contribution in [2.45, 2.75) is 24.4 Å². The molecule has 6 nitrogen and oxygen atoms in total. The molecule has 1 heterocycles. The third-order valence-electron chi connectivity index (χ3n) is 5.01. The Bertz CT molecular complexity index is 1110. The number of methoxy groups -OCH3 is 1. The molecular weight excluding hydrogens is 463 g/mol. The van der Waals surface area contributed by atoms with Crippen molar-refractivity contribution in [3.63, 3.8) is 0 Å². The molecule has 0 bridgehead atoms. The molecule has 0 spiro atoms. The minimum atomic E-state index is -4.00. The Hall–Kier alpha value is -2.59. The van der Waals surface area contributed by atoms with Crippen LogP contribution < -0.4 is 0 Å². The number of rotatable bonds is 12. The van der Waals surface area contributed by atoms with Gasteiger partial charge in [-0.3, -0.25) is 4.79 Å². The van der Waals surface area contributed by atoms with Crippen molar-refractivity contribution in [2.75, 3.05) is 26.8 Å². The van der Waals surface area contributed by atoms with Crippen LogP contribution in [-0.2, 0) is 32.6 Å². The summed E-state index contributed by atoms with van der Waals surface area (Å²) >= 11 is 1.54. The standard InChI is InChI=1S/C24H27FN2O4S2/c1-31-15-6-14-27(33(29,30)23-12-10-21(25)11-13-23)19-24(28)26(18-22-9-5-16-32-22)17-20-7-3-2-4-8-20/h2-5,7-13,16H,6,14-15,17-19H2,1H3. The van der Waals surface area contributed by atoms with Gasteiger partial charge in [0, 0.05) is 31.7 Å². The maximum absolute atomic E-state index is 13.4. The van der Waals surface area contributed by atoms with Crippen LogP contribution in [0.1, 0.15) is 16.9 Å². The van der Waals surface area contributed by atoms with Crippen LogP contribution in [-0.4, -0.2) is 50.3 Å². The SMILES string of the molecule is COCCCN(CC(=O)N(Cc1ccccc1)Cc1cccs1)S(=O)(=O)c1ccc(F)cc1. The quantitative estimate of drug-likeness (QED) is 0.358. The molecule has 0 radical (unpaired) electrons. The van der Waals surface area contributed by atoms with E-state index in [1.165, 1.54) is 19.2 Å². The number of carbonyl (C=O) groups is 1. The van der Waals surface area contributed by atoms with Crippen molar-refractivity contribution < 1.29 is 22.3 Å². The molecule has 9 heteroatoms. The summed E-state index contributed by atoms with van der Waals surface area (Å²) in [4.78, 5) is 16.0. The normalized spacial score (nSPS) is 11.6. The number of sulfonamides is 1. The van der Waals surface area contributed by atoms with E-state index in [9.17, 15) is 17.6 Å². The molecule has 0 aliphatic heterocycles. The van der Waals surface area contributed by atoms with Gasteiger partial charge in [0.1, 0.15) is 5.82 Å². The fourth-order valence-electron chi connectivity index (χ4n) is 3.30. The second-order valence-electron chi connectivity index (χ2n) is 7.45. The predicted octanol–water partition coefficient (Wildman–Crippen LogP) is 4.14. The lowest BCUT2D eigenvalue weighted by atomic mass is 10.2. The largest absolute Gasteiger partial charge is 0.385 e. The summed E-state index contributed by atoms with van der Waals surface area (Å²) in [6.45, 7) is 0.889. The number of carbonyl (C=O) groups excluding carboxylic acids is 1. The van der Waals surface area contributed by atoms with Gasteiger partial charge in [0.25, 0.3) is 0 Å². The fourth-order valence-corrected chi connectivity index (χ4v) is 5.45. The van der Waals surface area contributed by atoms with Crippen LogP contribution in [0.15, 0.2) is 77.0 Å². The molecule has 1 aromatic heterocycles. The smallest absolute Gasteiger partial charge is 0.243 e. The van der Waals surface area contributed by atoms with E-state index in [1.807, 2.05) is 47.8 Å². The van der Waals surface area contributed by atoms with Crippen LogP contribution in [0, 0.1) is 5.82 Å². The van der Waals surface area contributed by atoms with Crippen LogP contribution in [0.4, 0.5) is 4.39 Å². The molecular formula is C24H27FN2O4S2. The summed E-state index contributed by atoms with van der Waals surface area (Å²) < 4.78 is 46.1. The number of hydrogen-bond donors (Lipinski definition) is 0. The van der Waals surface area contributed by atoms with Crippen LogP contribution >= 0.6 is 11.3 Å². The summed E-state index contributed by atoms with van der Waals surface area (Å²) in [7, 11) is -2.46. The monoisotopic (exact) mass is 490 g/mol. The third kappa shape index (κ3) is 7.20. The van der Waals surface area contributed by atoms with E-state index in [2.05, 4.69) is 0 Å². The van der Waals surface area contributed by atoms with Crippen molar-refractivity contribution in [1.82, 2.24) is 9.21 Å². The van der Waals surface area contributed by atoms with Gasteiger partial charge in [-0.1, -0.05) is 36.4 Å². The molecule has 1 amide bonds. The molecule has 0 atom stereocenters. The first-order chi connectivity index (χ1) is 15.9. The van der Waals surface area contributed by atoms with E-state index in [-0.39, 0.29) is 23.9 Å². The molecule has 0 N–H and O–H groups in total. The maximum Gasteiger partial charge on any atom is 0.243 e. The van der Waals surface area contributed by atoms with Gasteiger partial charge in [-0.15, -0.1) is 11.3 Å². The lowest BCUT2D eigenvalue weighted by molar-refractivity contribution is -0.132. The van der Waals surface area contributed by atoms with Crippen LogP contribution in [0.5, 0.6) is 0 Å². The summed E-state index contributed by atoms with van der Waals surface area (Å²) in [5.41, 5.74) is 0.953. The number of thiophene rings is 1. The van der Waals surface area contributed by atoms with Gasteiger partial charge >= 0.3 is 0 Å². The number of benzene rings is 2. The second kappa shape index (κ2) is 12.0. The van der Waals surface area contributed by atoms with Gasteiger partial charge in [0.15, 0.2) is 0 Å². The molecule has 0 fully saturated rings. The number of hydrogen-bond acceptors (Lipinski definition) is 5. The van der Waals surface area contributed by atoms with Gasteiger partial charge in [0.2, 0.25) is 15.9 Å². The highest BCUT2D eigenvalue weighted by atomic mass is 32.2. The van der Waals surface area contributed by atoms with Crippen LogP contribution in [0.25, 0.3) is 0 Å². The molecule has 33 heavy (non-hydrogen) atoms. The van der Waals surface area contributed by atoms with Crippen molar-refractivity contribution in [3.05, 3.63) is 88.4 Å². The van der Waals surface area contributed by atoms with E-state index in [4.69, 9.17) is 4.74 Å². The molecule has 0 saturated carbocycles. The molecule has 3 aromatic rings. The first kappa shape index (κ1) is 25.0. The highest BCUT2D eigenvalue weighted by Gasteiger charge is 2.28. The Labute approximate surface area is 198 Å². The van der Waals surface area contributed by atoms with Crippen molar-refractivity contribution >= 4 is 27.3 Å². The molecule has 0 aliphatic carbocycles. The van der Waals surface area contributed by atoms with Gasteiger partial charge in [-0.05, 0) is 47.7 Å². The molecule has 2 aromatic carbocycles. The Morgan fingerprint density at radius 2 is 1.73 bits per heavy atom. The van der Waals surface area contributed by atoms with E-state index in [0.717, 1.165) is 26.9 Å². The maximum atomic E-state index is 13.4. The molecule has 3 rings (SSSR count). The second-order valence-corrected chi connectivity index (χ2v) is 10.4. The van der Waals surface area contributed by atoms with E-state index < -0.39 is 15.8 Å². The molecule has 0 saturated heterocycles. The fraction of sp³-hybridized carbons (Fsp3) is 0.292. The molecule has 176 valence electrons. The minimum absolute atomic E-state index is 0.0537. The Balaban J connectivity index is 1.84. The number of amides is 1. The zero-order valence-electron chi connectivity index (χ0n) is 18.4. The van der Waals surface area contributed by atoms with Gasteiger partial charge in [-0.2, -0.15) is 4.31 Å². The highest BCUT2D eigenvalue weighted by molar-refractivity contribution is 7.89. The Morgan fingerprint density at radius 3 is 2.36 bits per heavy atom. The highest BCUT2D eigenvalue weighted by Crippen LogP contribution is 2.19. The topological polar surface area (TPSA) is 66.9 Å². The minimum Gasteiger partial charge on any atom is -0.385 e. The Morgan fingerprint density at radius 1 is 1.00 bits per heavy atom. The molecule has 0 aliphatic rings. The average Bonchev–Trinajstić information content (AvgIpc) is 3.32. The van der Waals surface area contributed by atoms with E-state index in [1.54, 1.807) is 16.2 Å². The third-order valence-corrected chi connectivity index (χ3v) is 7.74. The lowest BCUT2D eigenvalue weighted by Crippen LogP contribution is -2.43. The van der Waals surface area contributed by atoms with Crippen LogP contribution in [0.2, 0.25) is 0 Å². The summed E-state index contributed by atoms with van der Waals surface area (Å²) in [6.07, 6.45) is 0.424. The summed E-state index contributed by atoms with van der Waals surface area (Å²) in [6, 6.07) is 18.1. The number of nitrogens with zero attached hydrogens (tertiary/aromatic N) is 2. The summed E-state index contributed by atoms with van der Waals surface area (Å²) in [5.74, 6) is -0.837. The first-order valence-electron chi connectivity index (χ1n) is 10.5. The van der Waals surface area contributed by atoms with Crippen molar-refractivity contribution in [2.24, 2.45) is 0 Å². The van der Waals surface area contributed by atoms with Crippen molar-refractivity contribution in [3.8, 4) is 0 Å². The van der Waals surface area contributed by atoms with Gasteiger partial charge in [-0.25, -0.2) is 12.8 Å². The van der Waals surface area contributed by atoms with E-state index in [0.29, 0.717) is 26.1 Å². The lowest BCUT2D eigenvalue weighted by Gasteiger charge is -2.27. The van der Waals surface area contributed by atoms with Crippen LogP contribution in [0.3, 0.4) is 0 Å².